The van der Waals surface area contributed by atoms with Crippen LogP contribution in [0, 0.1) is 0 Å². The van der Waals surface area contributed by atoms with Gasteiger partial charge in [-0.05, 0) is 6.92 Å². The number of hydrogen-bond acceptors (Lipinski definition) is 6. The Balaban J connectivity index is 3.85. The lowest BCUT2D eigenvalue weighted by atomic mass is 10.3. The van der Waals surface area contributed by atoms with Crippen LogP contribution in [0.15, 0.2) is 11.8 Å². The molecule has 7 heteroatoms. The third-order valence-corrected chi connectivity index (χ3v) is 3.55. The van der Waals surface area contributed by atoms with E-state index in [-0.39, 0.29) is 0 Å². The van der Waals surface area contributed by atoms with Crippen LogP contribution in [0.25, 0.3) is 0 Å². The van der Waals surface area contributed by atoms with E-state index in [1.54, 1.807) is 6.92 Å². The third-order valence-electron chi connectivity index (χ3n) is 1.13. The molecule has 0 radical (unpaired) electrons. The Morgan fingerprint density at radius 2 is 1.86 bits per heavy atom. The van der Waals surface area contributed by atoms with E-state index >= 15 is 0 Å². The lowest BCUT2D eigenvalue weighted by Crippen LogP contribution is -2.01. The van der Waals surface area contributed by atoms with Crippen LogP contribution >= 0.6 is 19.2 Å². The molecule has 0 saturated carbocycles. The Morgan fingerprint density at radius 1 is 1.29 bits per heavy atom. The maximum absolute atomic E-state index is 10.9. The van der Waals surface area contributed by atoms with Gasteiger partial charge in [0.05, 0.1) is 12.7 Å². The summed E-state index contributed by atoms with van der Waals surface area (Å²) in [5.74, 6) is -0.426. The molecule has 0 bridgehead atoms. The predicted molar refractivity (Wildman–Crippen MR) is 55.4 cm³/mol. The van der Waals surface area contributed by atoms with Crippen molar-refractivity contribution in [3.8, 4) is 0 Å². The van der Waals surface area contributed by atoms with Crippen molar-refractivity contribution < 1.29 is 22.8 Å². The van der Waals surface area contributed by atoms with Crippen molar-refractivity contribution in [1.29, 1.82) is 0 Å². The van der Waals surface area contributed by atoms with Gasteiger partial charge in [-0.25, -0.2) is 4.79 Å². The van der Waals surface area contributed by atoms with E-state index < -0.39 is 13.5 Å². The summed E-state index contributed by atoms with van der Waals surface area (Å²) in [5.41, 5.74) is 0.377. The Hall–Kier alpha value is -0.290. The van der Waals surface area contributed by atoms with Crippen LogP contribution in [0.4, 0.5) is 0 Å². The molecular weight excluding hydrogens is 227 g/mol. The fourth-order valence-corrected chi connectivity index (χ4v) is 1.71. The van der Waals surface area contributed by atoms with Crippen molar-refractivity contribution in [2.75, 3.05) is 21.3 Å². The molecule has 0 saturated heterocycles. The first-order chi connectivity index (χ1) is 6.65. The first-order valence-corrected chi connectivity index (χ1v) is 6.15. The summed E-state index contributed by atoms with van der Waals surface area (Å²) >= 11 is 1.01. The van der Waals surface area contributed by atoms with Crippen molar-refractivity contribution in [2.24, 2.45) is 0 Å². The molecule has 0 fully saturated rings. The molecule has 82 valence electrons. The molecule has 5 nitrogen and oxygen atoms in total. The average molecular weight is 240 g/mol. The second-order valence-electron chi connectivity index (χ2n) is 2.05. The molecule has 0 aliphatic rings. The number of ether oxygens (including phenoxy) is 1. The summed E-state index contributed by atoms with van der Waals surface area (Å²) in [5, 5.41) is 0. The maximum atomic E-state index is 10.9. The zero-order valence-electron chi connectivity index (χ0n) is 8.47. The largest absolute Gasteiger partial charge is 0.466 e. The standard InChI is InChI=1S/C7H13O5PS/c1-6(7(8)9-2)5-12-14-13(10-3)11-4/h5H,1-4H3/b6-5+. The summed E-state index contributed by atoms with van der Waals surface area (Å²) in [6.07, 6.45) is 1.30. The smallest absolute Gasteiger partial charge is 0.336 e. The minimum absolute atomic E-state index is 0.377. The van der Waals surface area contributed by atoms with Gasteiger partial charge in [0.1, 0.15) is 17.9 Å². The molecule has 0 heterocycles. The molecule has 0 atom stereocenters. The van der Waals surface area contributed by atoms with Gasteiger partial charge in [0.2, 0.25) is 0 Å². The quantitative estimate of drug-likeness (QED) is 0.233. The fraction of sp³-hybridized carbons (Fsp3) is 0.571. The maximum Gasteiger partial charge on any atom is 0.336 e. The monoisotopic (exact) mass is 240 g/mol. The topological polar surface area (TPSA) is 54.0 Å². The van der Waals surface area contributed by atoms with Crippen molar-refractivity contribution in [2.45, 2.75) is 6.92 Å². The van der Waals surface area contributed by atoms with Crippen LogP contribution in [0.5, 0.6) is 0 Å². The van der Waals surface area contributed by atoms with Gasteiger partial charge in [-0.3, -0.25) is 0 Å². The van der Waals surface area contributed by atoms with Crippen LogP contribution in [0.2, 0.25) is 0 Å². The van der Waals surface area contributed by atoms with Crippen LogP contribution < -0.4 is 0 Å². The molecule has 0 aromatic rings. The molecule has 0 rings (SSSR count). The number of carbonyl (C=O) groups excluding carboxylic acids is 1. The Bertz CT molecular complexity index is 204. The zero-order chi connectivity index (χ0) is 11.0. The normalized spacial score (nSPS) is 11.6. The lowest BCUT2D eigenvalue weighted by Gasteiger charge is -2.08. The van der Waals surface area contributed by atoms with Gasteiger partial charge in [0.25, 0.3) is 7.58 Å². The highest BCUT2D eigenvalue weighted by atomic mass is 32.7. The number of methoxy groups -OCH3 is 1. The highest BCUT2D eigenvalue weighted by Gasteiger charge is 2.09. The number of hydrogen-bond donors (Lipinski definition) is 0. The second kappa shape index (κ2) is 8.05. The fourth-order valence-electron chi connectivity index (χ4n) is 0.473. The molecular formula is C7H13O5PS. The van der Waals surface area contributed by atoms with Gasteiger partial charge in [-0.2, -0.15) is 0 Å². The summed E-state index contributed by atoms with van der Waals surface area (Å²) < 4.78 is 19.3. The van der Waals surface area contributed by atoms with Gasteiger partial charge < -0.3 is 18.0 Å². The molecule has 14 heavy (non-hydrogen) atoms. The van der Waals surface area contributed by atoms with Crippen LogP contribution in [-0.2, 0) is 22.8 Å². The molecule has 0 aliphatic heterocycles. The molecule has 0 amide bonds. The first-order valence-electron chi connectivity index (χ1n) is 3.62. The van der Waals surface area contributed by atoms with Gasteiger partial charge in [0.15, 0.2) is 0 Å². The van der Waals surface area contributed by atoms with E-state index in [0.29, 0.717) is 5.57 Å². The number of rotatable bonds is 6. The second-order valence-corrected chi connectivity index (χ2v) is 4.91. The van der Waals surface area contributed by atoms with Crippen molar-refractivity contribution in [3.63, 3.8) is 0 Å². The Labute approximate surface area is 88.6 Å². The van der Waals surface area contributed by atoms with Crippen molar-refractivity contribution in [1.82, 2.24) is 0 Å². The van der Waals surface area contributed by atoms with Crippen LogP contribution in [0.1, 0.15) is 6.92 Å². The van der Waals surface area contributed by atoms with Gasteiger partial charge >= 0.3 is 5.97 Å². The van der Waals surface area contributed by atoms with Gasteiger partial charge in [0, 0.05) is 14.2 Å². The summed E-state index contributed by atoms with van der Waals surface area (Å²) in [6.45, 7) is 1.59. The van der Waals surface area contributed by atoms with E-state index in [1.165, 1.54) is 27.6 Å². The summed E-state index contributed by atoms with van der Waals surface area (Å²) in [6, 6.07) is 0. The Kier molecular flexibility index (Phi) is 7.89. The highest BCUT2D eigenvalue weighted by molar-refractivity contribution is 8.50. The lowest BCUT2D eigenvalue weighted by molar-refractivity contribution is -0.136. The van der Waals surface area contributed by atoms with E-state index in [9.17, 15) is 4.79 Å². The highest BCUT2D eigenvalue weighted by Crippen LogP contribution is 2.50. The number of esters is 1. The van der Waals surface area contributed by atoms with Crippen LogP contribution in [-0.4, -0.2) is 27.3 Å². The first kappa shape index (κ1) is 13.7. The molecule has 0 unspecified atom stereocenters. The SMILES string of the molecule is COC(=O)/C(C)=C/OSP(OC)OC. The minimum Gasteiger partial charge on any atom is -0.466 e. The third kappa shape index (κ3) is 5.44. The van der Waals surface area contributed by atoms with Crippen LogP contribution in [0.3, 0.4) is 0 Å². The predicted octanol–water partition coefficient (Wildman–Crippen LogP) is 2.25. The molecule has 0 aliphatic carbocycles. The molecule has 0 N–H and O–H groups in total. The average Bonchev–Trinajstić information content (AvgIpc) is 2.22. The Morgan fingerprint density at radius 3 is 2.29 bits per heavy atom. The van der Waals surface area contributed by atoms with Crippen molar-refractivity contribution >= 4 is 25.2 Å². The molecule has 0 aromatic carbocycles. The van der Waals surface area contributed by atoms with E-state index in [4.69, 9.17) is 13.2 Å². The minimum atomic E-state index is -1.11. The van der Waals surface area contributed by atoms with E-state index in [2.05, 4.69) is 4.74 Å². The summed E-state index contributed by atoms with van der Waals surface area (Å²) in [4.78, 5) is 10.9. The van der Waals surface area contributed by atoms with E-state index in [1.807, 2.05) is 0 Å². The number of carbonyl (C=O) groups is 1. The van der Waals surface area contributed by atoms with Crippen molar-refractivity contribution in [3.05, 3.63) is 11.8 Å². The van der Waals surface area contributed by atoms with Gasteiger partial charge in [-0.15, -0.1) is 0 Å². The molecule has 0 spiro atoms. The van der Waals surface area contributed by atoms with Gasteiger partial charge in [-0.1, -0.05) is 0 Å². The molecule has 0 aromatic heterocycles. The summed E-state index contributed by atoms with van der Waals surface area (Å²) in [7, 11) is 3.23. The zero-order valence-corrected chi connectivity index (χ0v) is 10.2. The van der Waals surface area contributed by atoms with E-state index in [0.717, 1.165) is 11.7 Å².